The normalized spacial score (nSPS) is 14.6. The number of benzene rings is 1. The van der Waals surface area contributed by atoms with Gasteiger partial charge in [-0.3, -0.25) is 4.90 Å². The van der Waals surface area contributed by atoms with Gasteiger partial charge in [0.1, 0.15) is 23.9 Å². The molecular formula is C17H14F3N5O. The molecule has 1 aliphatic rings. The van der Waals surface area contributed by atoms with Gasteiger partial charge in [0.25, 0.3) is 0 Å². The molecule has 1 saturated heterocycles. The zero-order chi connectivity index (χ0) is 19.2. The summed E-state index contributed by atoms with van der Waals surface area (Å²) in [6, 6.07) is 8.25. The van der Waals surface area contributed by atoms with Gasteiger partial charge in [0.15, 0.2) is 5.57 Å². The van der Waals surface area contributed by atoms with E-state index in [9.17, 15) is 13.2 Å². The smallest absolute Gasteiger partial charge is 0.379 e. The Bertz CT molecular complexity index is 805. The summed E-state index contributed by atoms with van der Waals surface area (Å²) in [5.74, 6) is 0. The minimum atomic E-state index is -4.58. The molecule has 1 heterocycles. The van der Waals surface area contributed by atoms with E-state index in [1.807, 2.05) is 4.90 Å². The van der Waals surface area contributed by atoms with Crippen LogP contribution in [-0.2, 0) is 17.5 Å². The van der Waals surface area contributed by atoms with Gasteiger partial charge in [-0.15, -0.1) is 0 Å². The molecule has 2 rings (SSSR count). The molecule has 0 atom stereocenters. The highest BCUT2D eigenvalue weighted by molar-refractivity contribution is 5.60. The minimum absolute atomic E-state index is 0.0254. The summed E-state index contributed by atoms with van der Waals surface area (Å²) in [4.78, 5) is 1.87. The molecule has 0 aromatic heterocycles. The summed E-state index contributed by atoms with van der Waals surface area (Å²) in [6.45, 7) is 2.17. The van der Waals surface area contributed by atoms with E-state index in [-0.39, 0.29) is 17.8 Å². The number of ether oxygens (including phenoxy) is 1. The quantitative estimate of drug-likeness (QED) is 0.829. The Kier molecular flexibility index (Phi) is 6.19. The lowest BCUT2D eigenvalue weighted by Crippen LogP contribution is -2.36. The van der Waals surface area contributed by atoms with Gasteiger partial charge in [0, 0.05) is 25.3 Å². The molecule has 0 bridgehead atoms. The van der Waals surface area contributed by atoms with Crippen LogP contribution >= 0.6 is 0 Å². The molecule has 0 spiro atoms. The number of morpholine rings is 1. The molecule has 1 N–H and O–H groups in total. The van der Waals surface area contributed by atoms with E-state index in [2.05, 4.69) is 5.32 Å². The highest BCUT2D eigenvalue weighted by Crippen LogP contribution is 2.35. The van der Waals surface area contributed by atoms with Crippen LogP contribution in [0.2, 0.25) is 0 Å². The van der Waals surface area contributed by atoms with Crippen LogP contribution in [0.3, 0.4) is 0 Å². The minimum Gasteiger partial charge on any atom is -0.379 e. The fourth-order valence-electron chi connectivity index (χ4n) is 2.48. The van der Waals surface area contributed by atoms with Crippen molar-refractivity contribution in [1.82, 2.24) is 4.90 Å². The molecule has 0 saturated carbocycles. The number of alkyl halides is 3. The first-order valence-electron chi connectivity index (χ1n) is 7.61. The van der Waals surface area contributed by atoms with E-state index < -0.39 is 23.0 Å². The van der Waals surface area contributed by atoms with Crippen LogP contribution in [0.15, 0.2) is 29.5 Å². The molecule has 1 aliphatic heterocycles. The van der Waals surface area contributed by atoms with Gasteiger partial charge >= 0.3 is 6.18 Å². The Balaban J connectivity index is 2.34. The van der Waals surface area contributed by atoms with E-state index in [1.165, 1.54) is 24.3 Å². The van der Waals surface area contributed by atoms with Crippen molar-refractivity contribution < 1.29 is 17.9 Å². The van der Waals surface area contributed by atoms with Gasteiger partial charge in [-0.1, -0.05) is 6.07 Å². The van der Waals surface area contributed by atoms with E-state index in [0.717, 1.165) is 6.07 Å². The molecule has 6 nitrogen and oxygen atoms in total. The Hall–Kier alpha value is -3.06. The first-order chi connectivity index (χ1) is 12.4. The van der Waals surface area contributed by atoms with Crippen LogP contribution in [0.25, 0.3) is 0 Å². The zero-order valence-corrected chi connectivity index (χ0v) is 13.6. The molecule has 0 radical (unpaired) electrons. The van der Waals surface area contributed by atoms with Gasteiger partial charge in [-0.2, -0.15) is 29.0 Å². The van der Waals surface area contributed by atoms with E-state index in [4.69, 9.17) is 20.5 Å². The van der Waals surface area contributed by atoms with Crippen molar-refractivity contribution in [3.63, 3.8) is 0 Å². The fraction of sp³-hybridized carbons (Fsp3) is 0.353. The van der Waals surface area contributed by atoms with Crippen LogP contribution in [0, 0.1) is 34.0 Å². The largest absolute Gasteiger partial charge is 0.416 e. The zero-order valence-electron chi connectivity index (χ0n) is 13.6. The van der Waals surface area contributed by atoms with E-state index in [0.29, 0.717) is 26.3 Å². The molecule has 0 unspecified atom stereocenters. The summed E-state index contributed by atoms with van der Waals surface area (Å²) in [5, 5.41) is 29.0. The maximum atomic E-state index is 13.4. The number of nitrogens with one attached hydrogen (secondary N) is 1. The number of nitrogens with zero attached hydrogens (tertiary/aromatic N) is 4. The van der Waals surface area contributed by atoms with Crippen LogP contribution in [0.1, 0.15) is 11.1 Å². The van der Waals surface area contributed by atoms with E-state index >= 15 is 0 Å². The number of anilines is 1. The van der Waals surface area contributed by atoms with Gasteiger partial charge in [0.05, 0.1) is 18.8 Å². The number of halogens is 3. The van der Waals surface area contributed by atoms with Gasteiger partial charge in [0.2, 0.25) is 0 Å². The number of hydrogen-bond donors (Lipinski definition) is 1. The lowest BCUT2D eigenvalue weighted by Gasteiger charge is -2.27. The number of allylic oxidation sites excluding steroid dienone is 2. The topological polar surface area (TPSA) is 95.9 Å². The third-order valence-electron chi connectivity index (χ3n) is 3.77. The molecule has 0 amide bonds. The maximum Gasteiger partial charge on any atom is 0.416 e. The third kappa shape index (κ3) is 4.73. The monoisotopic (exact) mass is 361 g/mol. The molecule has 0 aliphatic carbocycles. The summed E-state index contributed by atoms with van der Waals surface area (Å²) >= 11 is 0. The van der Waals surface area contributed by atoms with Crippen LogP contribution in [0.5, 0.6) is 0 Å². The van der Waals surface area contributed by atoms with Crippen molar-refractivity contribution in [2.24, 2.45) is 0 Å². The SMILES string of the molecule is N#CC(C#N)=C(C#N)Nc1ccc(CN2CCOCC2)c(C(F)(F)F)c1. The molecule has 1 aromatic carbocycles. The lowest BCUT2D eigenvalue weighted by atomic mass is 10.0. The predicted molar refractivity (Wildman–Crippen MR) is 85.0 cm³/mol. The van der Waals surface area contributed by atoms with Crippen molar-refractivity contribution in [2.45, 2.75) is 12.7 Å². The number of hydrogen-bond acceptors (Lipinski definition) is 6. The summed E-state index contributed by atoms with van der Waals surface area (Å²) in [7, 11) is 0. The Morgan fingerprint density at radius 3 is 2.31 bits per heavy atom. The molecule has 1 fully saturated rings. The second-order valence-electron chi connectivity index (χ2n) is 5.47. The molecular weight excluding hydrogens is 347 g/mol. The highest BCUT2D eigenvalue weighted by Gasteiger charge is 2.34. The molecule has 1 aromatic rings. The van der Waals surface area contributed by atoms with Crippen molar-refractivity contribution in [3.8, 4) is 18.2 Å². The van der Waals surface area contributed by atoms with Gasteiger partial charge in [-0.05, 0) is 17.7 Å². The van der Waals surface area contributed by atoms with Crippen molar-refractivity contribution >= 4 is 5.69 Å². The summed E-state index contributed by atoms with van der Waals surface area (Å²) < 4.78 is 45.5. The summed E-state index contributed by atoms with van der Waals surface area (Å²) in [5.41, 5.74) is -1.65. The average molecular weight is 361 g/mol. The fourth-order valence-corrected chi connectivity index (χ4v) is 2.48. The Morgan fingerprint density at radius 1 is 1.12 bits per heavy atom. The van der Waals surface area contributed by atoms with Crippen molar-refractivity contribution in [1.29, 1.82) is 15.8 Å². The second kappa shape index (κ2) is 8.35. The number of nitriles is 3. The average Bonchev–Trinajstić information content (AvgIpc) is 2.63. The highest BCUT2D eigenvalue weighted by atomic mass is 19.4. The first kappa shape index (κ1) is 19.3. The molecule has 134 valence electrons. The van der Waals surface area contributed by atoms with E-state index in [1.54, 1.807) is 6.07 Å². The third-order valence-corrected chi connectivity index (χ3v) is 3.77. The molecule has 26 heavy (non-hydrogen) atoms. The number of rotatable bonds is 4. The first-order valence-corrected chi connectivity index (χ1v) is 7.61. The van der Waals surface area contributed by atoms with Crippen molar-refractivity contribution in [3.05, 3.63) is 40.6 Å². The van der Waals surface area contributed by atoms with Crippen LogP contribution < -0.4 is 5.32 Å². The maximum absolute atomic E-state index is 13.4. The van der Waals surface area contributed by atoms with Crippen LogP contribution in [0.4, 0.5) is 18.9 Å². The lowest BCUT2D eigenvalue weighted by molar-refractivity contribution is -0.138. The van der Waals surface area contributed by atoms with Crippen molar-refractivity contribution in [2.75, 3.05) is 31.6 Å². The predicted octanol–water partition coefficient (Wildman–Crippen LogP) is 2.77. The van der Waals surface area contributed by atoms with Crippen LogP contribution in [-0.4, -0.2) is 31.2 Å². The van der Waals surface area contributed by atoms with Gasteiger partial charge < -0.3 is 10.1 Å². The molecule has 9 heteroatoms. The second-order valence-corrected chi connectivity index (χ2v) is 5.47. The Morgan fingerprint density at radius 2 is 1.77 bits per heavy atom. The standard InChI is InChI=1S/C17H14F3N5O/c18-17(19,20)15-7-14(24-16(10-23)13(8-21)9-22)2-1-12(15)11-25-3-5-26-6-4-25/h1-2,7,24H,3-6,11H2. The Labute approximate surface area is 148 Å². The van der Waals surface area contributed by atoms with Gasteiger partial charge in [-0.25, -0.2) is 0 Å². The summed E-state index contributed by atoms with van der Waals surface area (Å²) in [6.07, 6.45) is -4.58.